The fraction of sp³-hybridized carbons (Fsp3) is 0.400. The maximum Gasteiger partial charge on any atom is 0.254 e. The number of alkyl halides is 1. The smallest absolute Gasteiger partial charge is 0.254 e. The SMILES string of the molecule is COc1ccnc([C@H](C2CC2)N2CCc3c(cc(CBr)cc3-c3cn(C)nc3C)C2=O)c1. The number of nitrogens with zero attached hydrogens (tertiary/aromatic N) is 4. The number of ether oxygens (including phenoxy) is 1. The molecule has 7 heteroatoms. The van der Waals surface area contributed by atoms with Crippen molar-refractivity contribution in [1.82, 2.24) is 19.7 Å². The molecule has 0 saturated heterocycles. The summed E-state index contributed by atoms with van der Waals surface area (Å²) in [7, 11) is 3.60. The van der Waals surface area contributed by atoms with Crippen molar-refractivity contribution in [2.75, 3.05) is 13.7 Å². The van der Waals surface area contributed by atoms with Gasteiger partial charge in [-0.3, -0.25) is 14.5 Å². The van der Waals surface area contributed by atoms with Gasteiger partial charge in [0.1, 0.15) is 5.75 Å². The largest absolute Gasteiger partial charge is 0.497 e. The number of pyridine rings is 1. The number of hydrogen-bond donors (Lipinski definition) is 0. The summed E-state index contributed by atoms with van der Waals surface area (Å²) in [6, 6.07) is 8.07. The van der Waals surface area contributed by atoms with Crippen molar-refractivity contribution in [3.05, 3.63) is 64.7 Å². The van der Waals surface area contributed by atoms with Crippen molar-refractivity contribution in [1.29, 1.82) is 0 Å². The van der Waals surface area contributed by atoms with Gasteiger partial charge >= 0.3 is 0 Å². The Labute approximate surface area is 196 Å². The Bertz CT molecular complexity index is 1180. The van der Waals surface area contributed by atoms with E-state index in [1.807, 2.05) is 41.9 Å². The van der Waals surface area contributed by atoms with Crippen LogP contribution in [-0.2, 0) is 18.8 Å². The number of carbonyl (C=O) groups is 1. The molecule has 3 heterocycles. The third kappa shape index (κ3) is 3.72. The lowest BCUT2D eigenvalue weighted by molar-refractivity contribution is 0.0627. The van der Waals surface area contributed by atoms with Crippen LogP contribution in [0, 0.1) is 12.8 Å². The molecule has 0 bridgehead atoms. The van der Waals surface area contributed by atoms with Crippen molar-refractivity contribution in [2.24, 2.45) is 13.0 Å². The summed E-state index contributed by atoms with van der Waals surface area (Å²) in [5.41, 5.74) is 7.15. The van der Waals surface area contributed by atoms with E-state index in [1.54, 1.807) is 13.3 Å². The minimum atomic E-state index is -0.0121. The summed E-state index contributed by atoms with van der Waals surface area (Å²) < 4.78 is 7.27. The first-order valence-electron chi connectivity index (χ1n) is 11.0. The van der Waals surface area contributed by atoms with Crippen molar-refractivity contribution in [3.63, 3.8) is 0 Å². The monoisotopic (exact) mass is 494 g/mol. The summed E-state index contributed by atoms with van der Waals surface area (Å²) in [5.74, 6) is 1.33. The maximum atomic E-state index is 13.9. The van der Waals surface area contributed by atoms with Gasteiger partial charge in [0.15, 0.2) is 0 Å². The highest BCUT2D eigenvalue weighted by Gasteiger charge is 2.42. The van der Waals surface area contributed by atoms with Gasteiger partial charge in [-0.15, -0.1) is 0 Å². The van der Waals surface area contributed by atoms with Gasteiger partial charge in [-0.25, -0.2) is 0 Å². The predicted molar refractivity (Wildman–Crippen MR) is 127 cm³/mol. The molecule has 1 fully saturated rings. The first kappa shape index (κ1) is 21.2. The van der Waals surface area contributed by atoms with Crippen molar-refractivity contribution in [2.45, 2.75) is 37.6 Å². The van der Waals surface area contributed by atoms with Crippen LogP contribution in [-0.4, -0.2) is 39.2 Å². The summed E-state index contributed by atoms with van der Waals surface area (Å²) in [4.78, 5) is 20.6. The number of halogens is 1. The van der Waals surface area contributed by atoms with Crippen molar-refractivity contribution in [3.8, 4) is 16.9 Å². The molecule has 166 valence electrons. The maximum absolute atomic E-state index is 13.9. The molecule has 2 aromatic heterocycles. The molecular weight excluding hydrogens is 468 g/mol. The molecule has 6 nitrogen and oxygen atoms in total. The van der Waals surface area contributed by atoms with Crippen LogP contribution in [0.3, 0.4) is 0 Å². The lowest BCUT2D eigenvalue weighted by Crippen LogP contribution is -2.41. The molecular formula is C25H27BrN4O2. The van der Waals surface area contributed by atoms with E-state index in [9.17, 15) is 4.79 Å². The Hall–Kier alpha value is -2.67. The van der Waals surface area contributed by atoms with Crippen LogP contribution >= 0.6 is 15.9 Å². The van der Waals surface area contributed by atoms with Crippen LogP contribution in [0.25, 0.3) is 11.1 Å². The number of carbonyl (C=O) groups excluding carboxylic acids is 1. The zero-order valence-corrected chi connectivity index (χ0v) is 20.2. The number of aromatic nitrogens is 3. The second-order valence-corrected chi connectivity index (χ2v) is 9.32. The van der Waals surface area contributed by atoms with Gasteiger partial charge in [0.05, 0.1) is 24.5 Å². The van der Waals surface area contributed by atoms with E-state index in [0.717, 1.165) is 64.2 Å². The molecule has 1 aliphatic carbocycles. The number of aryl methyl sites for hydroxylation is 2. The van der Waals surface area contributed by atoms with Gasteiger partial charge in [-0.2, -0.15) is 5.10 Å². The van der Waals surface area contributed by atoms with Crippen LogP contribution in [0.5, 0.6) is 5.75 Å². The van der Waals surface area contributed by atoms with Crippen molar-refractivity contribution >= 4 is 21.8 Å². The molecule has 5 rings (SSSR count). The van der Waals surface area contributed by atoms with E-state index in [1.165, 1.54) is 0 Å². The normalized spacial score (nSPS) is 16.8. The molecule has 32 heavy (non-hydrogen) atoms. The molecule has 1 aromatic carbocycles. The molecule has 2 aliphatic rings. The van der Waals surface area contributed by atoms with E-state index in [0.29, 0.717) is 17.8 Å². The zero-order valence-electron chi connectivity index (χ0n) is 18.6. The summed E-state index contributed by atoms with van der Waals surface area (Å²) in [5, 5.41) is 5.23. The van der Waals surface area contributed by atoms with Crippen LogP contribution in [0.1, 0.15) is 51.8 Å². The Morgan fingerprint density at radius 3 is 2.66 bits per heavy atom. The van der Waals surface area contributed by atoms with Gasteiger partial charge in [-0.05, 0) is 67.0 Å². The number of hydrogen-bond acceptors (Lipinski definition) is 4. The highest BCUT2D eigenvalue weighted by molar-refractivity contribution is 9.08. The van der Waals surface area contributed by atoms with Gasteiger partial charge < -0.3 is 9.64 Å². The standard InChI is InChI=1S/C25H27BrN4O2/c1-15-22(14-29(2)28-15)20-10-16(13-26)11-21-19(20)7-9-30(25(21)31)24(17-4-5-17)23-12-18(32-3)6-8-27-23/h6,8,10-12,14,17,24H,4-5,7,9,13H2,1-3H3/t24-/m0/s1. The number of rotatable bonds is 6. The van der Waals surface area contributed by atoms with Gasteiger partial charge in [0.25, 0.3) is 5.91 Å². The highest BCUT2D eigenvalue weighted by atomic mass is 79.9. The summed E-state index contributed by atoms with van der Waals surface area (Å²) >= 11 is 3.60. The van der Waals surface area contributed by atoms with Gasteiger partial charge in [0, 0.05) is 48.5 Å². The first-order chi connectivity index (χ1) is 15.5. The number of methoxy groups -OCH3 is 1. The summed E-state index contributed by atoms with van der Waals surface area (Å²) in [6.45, 7) is 2.71. The van der Waals surface area contributed by atoms with Crippen LogP contribution < -0.4 is 4.74 Å². The Morgan fingerprint density at radius 1 is 1.22 bits per heavy atom. The van der Waals surface area contributed by atoms with E-state index < -0.39 is 0 Å². The van der Waals surface area contributed by atoms with E-state index >= 15 is 0 Å². The van der Waals surface area contributed by atoms with E-state index in [4.69, 9.17) is 4.74 Å². The predicted octanol–water partition coefficient (Wildman–Crippen LogP) is 4.84. The quantitative estimate of drug-likeness (QED) is 0.459. The van der Waals surface area contributed by atoms with Crippen LogP contribution in [0.4, 0.5) is 0 Å². The second kappa shape index (κ2) is 8.35. The number of benzene rings is 1. The van der Waals surface area contributed by atoms with Gasteiger partial charge in [0.2, 0.25) is 0 Å². The first-order valence-corrected chi connectivity index (χ1v) is 12.2. The zero-order chi connectivity index (χ0) is 22.4. The third-order valence-electron chi connectivity index (χ3n) is 6.56. The highest BCUT2D eigenvalue weighted by Crippen LogP contribution is 2.46. The molecule has 0 N–H and O–H groups in total. The molecule has 1 saturated carbocycles. The number of fused-ring (bicyclic) bond motifs is 1. The van der Waals surface area contributed by atoms with Crippen LogP contribution in [0.15, 0.2) is 36.7 Å². The lowest BCUT2D eigenvalue weighted by Gasteiger charge is -2.36. The second-order valence-electron chi connectivity index (χ2n) is 8.76. The molecule has 0 spiro atoms. The van der Waals surface area contributed by atoms with Crippen LogP contribution in [0.2, 0.25) is 0 Å². The molecule has 0 radical (unpaired) electrons. The minimum absolute atomic E-state index is 0.0121. The van der Waals surface area contributed by atoms with Gasteiger partial charge in [-0.1, -0.05) is 15.9 Å². The molecule has 3 aromatic rings. The minimum Gasteiger partial charge on any atom is -0.497 e. The molecule has 0 unspecified atom stereocenters. The van der Waals surface area contributed by atoms with E-state index in [2.05, 4.69) is 38.1 Å². The molecule has 1 amide bonds. The fourth-order valence-electron chi connectivity index (χ4n) is 4.91. The fourth-order valence-corrected chi connectivity index (χ4v) is 5.24. The lowest BCUT2D eigenvalue weighted by atomic mass is 9.87. The molecule has 1 atom stereocenters. The topological polar surface area (TPSA) is 60.2 Å². The Morgan fingerprint density at radius 2 is 2.00 bits per heavy atom. The molecule has 1 aliphatic heterocycles. The van der Waals surface area contributed by atoms with Crippen molar-refractivity contribution < 1.29 is 9.53 Å². The summed E-state index contributed by atoms with van der Waals surface area (Å²) in [6.07, 6.45) is 6.90. The average molecular weight is 495 g/mol. The third-order valence-corrected chi connectivity index (χ3v) is 7.20. The Balaban J connectivity index is 1.58. The Kier molecular flexibility index (Phi) is 5.53. The average Bonchev–Trinajstić information content (AvgIpc) is 3.58. The number of amides is 1. The van der Waals surface area contributed by atoms with E-state index in [-0.39, 0.29) is 11.9 Å².